The number of aryl methyl sites for hydroxylation is 1. The van der Waals surface area contributed by atoms with Crippen LogP contribution in [0.5, 0.6) is 0 Å². The van der Waals surface area contributed by atoms with Crippen molar-refractivity contribution in [3.05, 3.63) is 46.1 Å². The quantitative estimate of drug-likeness (QED) is 0.736. The zero-order valence-corrected chi connectivity index (χ0v) is 11.6. The Hall–Kier alpha value is -1.95. The van der Waals surface area contributed by atoms with Crippen LogP contribution in [0, 0.1) is 6.92 Å². The fourth-order valence-corrected chi connectivity index (χ4v) is 3.04. The molecule has 3 aromatic heterocycles. The van der Waals surface area contributed by atoms with E-state index in [0.29, 0.717) is 6.54 Å². The summed E-state index contributed by atoms with van der Waals surface area (Å²) in [5, 5.41) is 6.87. The molecular weight excluding hydrogens is 260 g/mol. The number of hydrogen-bond donors (Lipinski definition) is 0. The molecule has 98 valence electrons. The van der Waals surface area contributed by atoms with Crippen LogP contribution in [0.15, 0.2) is 35.0 Å². The maximum absolute atomic E-state index is 12.5. The minimum absolute atomic E-state index is 0.0172. The van der Waals surface area contributed by atoms with E-state index in [-0.39, 0.29) is 11.6 Å². The summed E-state index contributed by atoms with van der Waals surface area (Å²) in [6.45, 7) is 4.60. The summed E-state index contributed by atoms with van der Waals surface area (Å²) in [5.74, 6) is 0. The lowest BCUT2D eigenvalue weighted by Gasteiger charge is -2.14. The van der Waals surface area contributed by atoms with Gasteiger partial charge in [-0.25, -0.2) is 4.98 Å². The van der Waals surface area contributed by atoms with Crippen molar-refractivity contribution in [2.24, 2.45) is 0 Å². The van der Waals surface area contributed by atoms with E-state index in [2.05, 4.69) is 10.1 Å². The third-order valence-corrected chi connectivity index (χ3v) is 4.19. The van der Waals surface area contributed by atoms with Crippen molar-refractivity contribution < 1.29 is 0 Å². The van der Waals surface area contributed by atoms with Crippen molar-refractivity contribution in [3.63, 3.8) is 0 Å². The zero-order valence-electron chi connectivity index (χ0n) is 10.8. The van der Waals surface area contributed by atoms with E-state index in [4.69, 9.17) is 0 Å². The molecule has 0 N–H and O–H groups in total. The lowest BCUT2D eigenvalue weighted by Crippen LogP contribution is -2.26. The predicted octanol–water partition coefficient (Wildman–Crippen LogP) is 2.22. The molecule has 1 atom stereocenters. The van der Waals surface area contributed by atoms with Crippen LogP contribution in [-0.2, 0) is 6.54 Å². The Labute approximate surface area is 114 Å². The number of fused-ring (bicyclic) bond motifs is 1. The van der Waals surface area contributed by atoms with Gasteiger partial charge >= 0.3 is 0 Å². The van der Waals surface area contributed by atoms with Crippen molar-refractivity contribution in [1.29, 1.82) is 0 Å². The van der Waals surface area contributed by atoms with Crippen molar-refractivity contribution in [2.45, 2.75) is 26.4 Å². The average molecular weight is 274 g/mol. The molecule has 0 radical (unpaired) electrons. The van der Waals surface area contributed by atoms with E-state index in [9.17, 15) is 4.79 Å². The van der Waals surface area contributed by atoms with Crippen molar-refractivity contribution in [1.82, 2.24) is 19.3 Å². The van der Waals surface area contributed by atoms with Gasteiger partial charge in [0.1, 0.15) is 4.83 Å². The molecule has 0 aromatic carbocycles. The maximum atomic E-state index is 12.5. The largest absolute Gasteiger partial charge is 0.294 e. The van der Waals surface area contributed by atoms with Crippen molar-refractivity contribution in [2.75, 3.05) is 0 Å². The topological polar surface area (TPSA) is 52.7 Å². The molecular formula is C13H14N4OS. The summed E-state index contributed by atoms with van der Waals surface area (Å²) >= 11 is 1.51. The molecule has 0 amide bonds. The van der Waals surface area contributed by atoms with Crippen LogP contribution >= 0.6 is 11.3 Å². The first-order valence-corrected chi connectivity index (χ1v) is 6.97. The number of thiophene rings is 1. The van der Waals surface area contributed by atoms with E-state index in [1.807, 2.05) is 36.2 Å². The van der Waals surface area contributed by atoms with Gasteiger partial charge in [0.25, 0.3) is 5.56 Å². The minimum atomic E-state index is 0.0172. The van der Waals surface area contributed by atoms with Gasteiger partial charge in [-0.05, 0) is 30.9 Å². The molecule has 5 nitrogen and oxygen atoms in total. The van der Waals surface area contributed by atoms with E-state index in [1.165, 1.54) is 11.3 Å². The fourth-order valence-electron chi connectivity index (χ4n) is 2.16. The molecule has 19 heavy (non-hydrogen) atoms. The fraction of sp³-hybridized carbons (Fsp3) is 0.308. The molecule has 3 rings (SSSR count). The highest BCUT2D eigenvalue weighted by Crippen LogP contribution is 2.20. The van der Waals surface area contributed by atoms with Gasteiger partial charge in [0, 0.05) is 12.4 Å². The first-order chi connectivity index (χ1) is 9.16. The monoisotopic (exact) mass is 274 g/mol. The minimum Gasteiger partial charge on any atom is -0.294 e. The second-order valence-corrected chi connectivity index (χ2v) is 5.49. The Bertz CT molecular complexity index is 757. The van der Waals surface area contributed by atoms with Gasteiger partial charge in [-0.2, -0.15) is 5.10 Å². The molecule has 0 unspecified atom stereocenters. The van der Waals surface area contributed by atoms with Crippen LogP contribution in [0.3, 0.4) is 0 Å². The Kier molecular flexibility index (Phi) is 2.94. The number of hydrogen-bond acceptors (Lipinski definition) is 4. The molecule has 0 aliphatic heterocycles. The number of nitrogens with zero attached hydrogens (tertiary/aromatic N) is 4. The highest BCUT2D eigenvalue weighted by atomic mass is 32.1. The van der Waals surface area contributed by atoms with Crippen molar-refractivity contribution >= 4 is 21.6 Å². The summed E-state index contributed by atoms with van der Waals surface area (Å²) in [7, 11) is 0. The van der Waals surface area contributed by atoms with Gasteiger partial charge in [0.15, 0.2) is 0 Å². The predicted molar refractivity (Wildman–Crippen MR) is 75.6 cm³/mol. The van der Waals surface area contributed by atoms with Gasteiger partial charge < -0.3 is 0 Å². The van der Waals surface area contributed by atoms with Crippen molar-refractivity contribution in [3.8, 4) is 0 Å². The lowest BCUT2D eigenvalue weighted by molar-refractivity contribution is 0.426. The average Bonchev–Trinajstić information content (AvgIpc) is 3.00. The highest BCUT2D eigenvalue weighted by Gasteiger charge is 2.13. The van der Waals surface area contributed by atoms with Crippen LogP contribution in [-0.4, -0.2) is 19.3 Å². The normalized spacial score (nSPS) is 12.9. The number of rotatable bonds is 3. The van der Waals surface area contributed by atoms with Crippen LogP contribution in [0.1, 0.15) is 18.5 Å². The van der Waals surface area contributed by atoms with Gasteiger partial charge in [-0.3, -0.25) is 14.0 Å². The van der Waals surface area contributed by atoms with Crippen LogP contribution in [0.4, 0.5) is 0 Å². The van der Waals surface area contributed by atoms with Gasteiger partial charge in [-0.15, -0.1) is 11.3 Å². The molecule has 3 aromatic rings. The second kappa shape index (κ2) is 4.62. The second-order valence-electron chi connectivity index (χ2n) is 4.63. The lowest BCUT2D eigenvalue weighted by atomic mass is 10.2. The molecule has 0 spiro atoms. The third-order valence-electron chi connectivity index (χ3n) is 3.19. The summed E-state index contributed by atoms with van der Waals surface area (Å²) in [6.07, 6.45) is 5.26. The van der Waals surface area contributed by atoms with E-state index in [0.717, 1.165) is 15.8 Å². The summed E-state index contributed by atoms with van der Waals surface area (Å²) in [5.41, 5.74) is 1.03. The molecule has 0 aliphatic carbocycles. The molecule has 0 saturated carbocycles. The third kappa shape index (κ3) is 2.08. The Morgan fingerprint density at radius 1 is 1.47 bits per heavy atom. The Morgan fingerprint density at radius 3 is 3.05 bits per heavy atom. The number of aromatic nitrogens is 4. The smallest absolute Gasteiger partial charge is 0.262 e. The summed E-state index contributed by atoms with van der Waals surface area (Å²) in [4.78, 5) is 17.7. The molecule has 0 bridgehead atoms. The zero-order chi connectivity index (χ0) is 13.4. The highest BCUT2D eigenvalue weighted by molar-refractivity contribution is 7.16. The van der Waals surface area contributed by atoms with Gasteiger partial charge in [0.2, 0.25) is 0 Å². The SMILES string of the molecule is Cc1csc2ncn([C@@H](C)Cn3cccn3)c(=O)c12. The van der Waals surface area contributed by atoms with E-state index in [1.54, 1.807) is 17.1 Å². The first-order valence-electron chi connectivity index (χ1n) is 6.09. The molecule has 0 aliphatic rings. The Balaban J connectivity index is 2.03. The molecule has 0 saturated heterocycles. The molecule has 3 heterocycles. The summed E-state index contributed by atoms with van der Waals surface area (Å²) in [6, 6.07) is 1.89. The molecule has 6 heteroatoms. The van der Waals surface area contributed by atoms with Gasteiger partial charge in [0.05, 0.1) is 24.3 Å². The van der Waals surface area contributed by atoms with Crippen LogP contribution < -0.4 is 5.56 Å². The summed E-state index contributed by atoms with van der Waals surface area (Å²) < 4.78 is 3.51. The Morgan fingerprint density at radius 2 is 2.32 bits per heavy atom. The standard InChI is InChI=1S/C13H14N4OS/c1-9-7-19-12-11(9)13(18)17(8-14-12)10(2)6-16-5-3-4-15-16/h3-5,7-8,10H,6H2,1-2H3/t10-/m0/s1. The van der Waals surface area contributed by atoms with Crippen LogP contribution in [0.25, 0.3) is 10.2 Å². The van der Waals surface area contributed by atoms with Gasteiger partial charge in [-0.1, -0.05) is 0 Å². The molecule has 0 fully saturated rings. The van der Waals surface area contributed by atoms with E-state index >= 15 is 0 Å². The first kappa shape index (κ1) is 12.1. The van der Waals surface area contributed by atoms with Crippen LogP contribution in [0.2, 0.25) is 0 Å². The maximum Gasteiger partial charge on any atom is 0.262 e. The van der Waals surface area contributed by atoms with E-state index < -0.39 is 0 Å².